The molecule has 5 rings (SSSR count). The molecule has 0 saturated heterocycles. The topological polar surface area (TPSA) is 76.2 Å². The first-order valence-electron chi connectivity index (χ1n) is 13.6. The van der Waals surface area contributed by atoms with E-state index >= 15 is 0 Å². The van der Waals surface area contributed by atoms with Gasteiger partial charge in [0.25, 0.3) is 0 Å². The zero-order valence-electron chi connectivity index (χ0n) is 25.3. The zero-order chi connectivity index (χ0) is 29.5. The molecule has 0 amide bonds. The first-order valence-corrected chi connectivity index (χ1v) is 13.1. The molecule has 1 N–H and O–H groups in total. The number of benzene rings is 3. The zero-order valence-corrected chi connectivity index (χ0v) is 26.7. The summed E-state index contributed by atoms with van der Waals surface area (Å²) in [5, 5.41) is 13.6. The minimum atomic E-state index is -0.655. The first-order chi connectivity index (χ1) is 18.6. The van der Waals surface area contributed by atoms with E-state index in [4.69, 9.17) is 5.79 Å². The number of carbonyl (C=O) groups is 1. The fraction of sp³-hybridized carbons (Fsp3) is 0.324. The van der Waals surface area contributed by atoms with Crippen molar-refractivity contribution in [3.63, 3.8) is 0 Å². The summed E-state index contributed by atoms with van der Waals surface area (Å²) in [6.45, 7) is 14.9. The summed E-state index contributed by atoms with van der Waals surface area (Å²) in [7, 11) is 0. The third kappa shape index (κ3) is 6.68. The number of ketones is 1. The number of fused-ring (bicyclic) bond motifs is 5. The van der Waals surface area contributed by atoms with Crippen LogP contribution in [0.4, 0.5) is 0 Å². The maximum Gasteiger partial charge on any atom is 0.221 e. The van der Waals surface area contributed by atoms with E-state index in [1.54, 1.807) is 0 Å². The Morgan fingerprint density at radius 1 is 0.975 bits per heavy atom. The number of aromatic nitrogens is 2. The van der Waals surface area contributed by atoms with Crippen molar-refractivity contribution in [2.45, 2.75) is 61.3 Å². The number of carbonyl (C=O) groups excluding carboxylic acids is 1. The molecule has 0 fully saturated rings. The number of hydrogen-bond acceptors (Lipinski definition) is 5. The van der Waals surface area contributed by atoms with Crippen LogP contribution in [0.25, 0.3) is 44.1 Å². The molecule has 0 aliphatic rings. The molecule has 0 atom stereocenters. The average molecular weight is 715 g/mol. The van der Waals surface area contributed by atoms with E-state index in [0.29, 0.717) is 5.71 Å². The predicted octanol–water partition coefficient (Wildman–Crippen LogP) is 9.21. The molecule has 211 valence electrons. The Morgan fingerprint density at radius 2 is 1.68 bits per heavy atom. The fourth-order valence-corrected chi connectivity index (χ4v) is 3.98. The van der Waals surface area contributed by atoms with Crippen molar-refractivity contribution < 1.29 is 35.8 Å². The van der Waals surface area contributed by atoms with Gasteiger partial charge in [0.15, 0.2) is 5.78 Å². The van der Waals surface area contributed by atoms with Crippen molar-refractivity contribution in [2.75, 3.05) is 0 Å². The van der Waals surface area contributed by atoms with E-state index in [1.165, 1.54) is 12.4 Å². The summed E-state index contributed by atoms with van der Waals surface area (Å²) in [6, 6.07) is 21.4. The third-order valence-electron chi connectivity index (χ3n) is 6.58. The number of furan rings is 1. The van der Waals surface area contributed by atoms with Gasteiger partial charge in [-0.15, -0.1) is 35.4 Å². The van der Waals surface area contributed by atoms with Crippen LogP contribution in [0.5, 0.6) is 0 Å². The second-order valence-electron chi connectivity index (χ2n) is 12.1. The summed E-state index contributed by atoms with van der Waals surface area (Å²) in [6.07, 6.45) is 2.86. The van der Waals surface area contributed by atoms with E-state index in [9.17, 15) is 9.90 Å². The van der Waals surface area contributed by atoms with Gasteiger partial charge in [-0.2, -0.15) is 0 Å². The molecule has 0 aliphatic carbocycles. The molecule has 5 aromatic rings. The normalized spacial score (nSPS) is 13.0. The van der Waals surface area contributed by atoms with Gasteiger partial charge < -0.3 is 9.52 Å². The van der Waals surface area contributed by atoms with Crippen LogP contribution in [0, 0.1) is 16.9 Å². The van der Waals surface area contributed by atoms with E-state index in [2.05, 4.69) is 40.3 Å². The maximum absolute atomic E-state index is 11.5. The molecule has 3 aromatic carbocycles. The minimum Gasteiger partial charge on any atom is -0.512 e. The van der Waals surface area contributed by atoms with Crippen LogP contribution in [0.2, 0.25) is 0 Å². The van der Waals surface area contributed by atoms with Crippen LogP contribution in [0.3, 0.4) is 0 Å². The van der Waals surface area contributed by atoms with Crippen molar-refractivity contribution >= 4 is 38.6 Å². The second-order valence-corrected chi connectivity index (χ2v) is 12.1. The van der Waals surface area contributed by atoms with Gasteiger partial charge in [-0.3, -0.25) is 9.78 Å². The van der Waals surface area contributed by atoms with Gasteiger partial charge in [0.05, 0.1) is 0 Å². The van der Waals surface area contributed by atoms with Crippen molar-refractivity contribution in [1.29, 1.82) is 0 Å². The van der Waals surface area contributed by atoms with Crippen LogP contribution >= 0.6 is 0 Å². The molecule has 5 nitrogen and oxygen atoms in total. The Bertz CT molecular complexity index is 1720. The van der Waals surface area contributed by atoms with Gasteiger partial charge in [-0.1, -0.05) is 97.7 Å². The monoisotopic (exact) mass is 715 g/mol. The summed E-state index contributed by atoms with van der Waals surface area (Å²) < 4.78 is 14.3. The molecule has 40 heavy (non-hydrogen) atoms. The molecule has 1 radical (unpaired) electrons. The Hall–Kier alpha value is -3.34. The van der Waals surface area contributed by atoms with Gasteiger partial charge >= 0.3 is 0 Å². The molecule has 2 aromatic heterocycles. The number of allylic oxidation sites excluding steroid dienone is 2. The van der Waals surface area contributed by atoms with Crippen LogP contribution in [-0.2, 0) is 24.9 Å². The van der Waals surface area contributed by atoms with Crippen molar-refractivity contribution in [3.8, 4) is 11.3 Å². The number of nitrogens with zero attached hydrogens (tertiary/aromatic N) is 2. The molecule has 0 saturated carbocycles. The maximum atomic E-state index is 11.5. The van der Waals surface area contributed by atoms with Crippen LogP contribution < -0.4 is 0 Å². The number of hydrogen-bond donors (Lipinski definition) is 1. The predicted molar refractivity (Wildman–Crippen MR) is 160 cm³/mol. The molecule has 0 aliphatic heterocycles. The van der Waals surface area contributed by atoms with Gasteiger partial charge in [0.2, 0.25) is 5.71 Å². The Morgan fingerprint density at radius 3 is 2.27 bits per heavy atom. The third-order valence-corrected chi connectivity index (χ3v) is 6.58. The minimum absolute atomic E-state index is 0. The Labute approximate surface area is 251 Å². The molecule has 0 spiro atoms. The average Bonchev–Trinajstić information content (AvgIpc) is 3.27. The van der Waals surface area contributed by atoms with Gasteiger partial charge in [0.1, 0.15) is 17.7 Å². The number of rotatable bonds is 3. The number of aliphatic hydroxyl groups is 1. The smallest absolute Gasteiger partial charge is 0.221 e. The summed E-state index contributed by atoms with van der Waals surface area (Å²) in [4.78, 5) is 20.4. The molecule has 0 bridgehead atoms. The van der Waals surface area contributed by atoms with Crippen LogP contribution in [0.1, 0.15) is 68.2 Å². The molecule has 0 unspecified atom stereocenters. The largest absolute Gasteiger partial charge is 0.512 e. The van der Waals surface area contributed by atoms with Crippen molar-refractivity contribution in [2.24, 2.45) is 10.8 Å². The van der Waals surface area contributed by atoms with E-state index < -0.39 is 11.3 Å². The van der Waals surface area contributed by atoms with Gasteiger partial charge in [-0.25, -0.2) is 4.98 Å². The van der Waals surface area contributed by atoms with E-state index in [1.807, 2.05) is 85.7 Å². The molecular weight excluding hydrogens is 677 g/mol. The molecular formula is C34H37IrN2O3-. The second kappa shape index (κ2) is 12.0. The van der Waals surface area contributed by atoms with Crippen LogP contribution in [0.15, 0.2) is 77.2 Å². The SMILES string of the molecule is CC(C)(C)C(=O)/C=C(\O)C(C)(C)C.[2H]C(C)(C)c1c[c-]c(-c2ncnc3oc4c5ccccc5ccc4c23)cc1.[Ir]. The Balaban J connectivity index is 0.000000284. The standard InChI is InChI=1S/C23H17N2O.C11H20O2.Ir/c1-14(2)15-7-9-17(10-8-15)21-20-19-12-11-16-5-3-4-6-18(16)22(19)26-23(20)25-13-24-21;1-10(2,3)8(12)7-9(13)11(4,5)6;/h3-9,11-14H,1-2H3;7,12H,1-6H3;/q-1;;/b;8-7-;/i14D;;. The van der Waals surface area contributed by atoms with E-state index in [0.717, 1.165) is 43.9 Å². The van der Waals surface area contributed by atoms with Crippen molar-refractivity contribution in [3.05, 3.63) is 84.4 Å². The number of aliphatic hydroxyl groups excluding tert-OH is 1. The molecule has 2 heterocycles. The Kier molecular flexibility index (Phi) is 8.92. The van der Waals surface area contributed by atoms with Gasteiger partial charge in [-0.05, 0) is 5.39 Å². The van der Waals surface area contributed by atoms with Gasteiger partial charge in [0, 0.05) is 60.2 Å². The summed E-state index contributed by atoms with van der Waals surface area (Å²) in [5.74, 6) is -0.551. The van der Waals surface area contributed by atoms with Crippen molar-refractivity contribution in [1.82, 2.24) is 9.97 Å². The first kappa shape index (κ1) is 29.6. The fourth-order valence-electron chi connectivity index (χ4n) is 3.98. The van der Waals surface area contributed by atoms with Crippen LogP contribution in [-0.4, -0.2) is 20.9 Å². The van der Waals surface area contributed by atoms with E-state index in [-0.39, 0.29) is 37.1 Å². The quantitative estimate of drug-likeness (QED) is 0.115. The molecule has 6 heteroatoms. The summed E-state index contributed by atoms with van der Waals surface area (Å²) in [5.41, 5.74) is 3.22. The summed E-state index contributed by atoms with van der Waals surface area (Å²) >= 11 is 0.